The van der Waals surface area contributed by atoms with E-state index in [-0.39, 0.29) is 12.5 Å². The van der Waals surface area contributed by atoms with Crippen molar-refractivity contribution in [1.82, 2.24) is 0 Å². The molecule has 0 bridgehead atoms. The number of benzene rings is 1. The third-order valence-corrected chi connectivity index (χ3v) is 1.28. The minimum absolute atomic E-state index is 0.0808. The van der Waals surface area contributed by atoms with Gasteiger partial charge in [0.1, 0.15) is 0 Å². The van der Waals surface area contributed by atoms with Gasteiger partial charge in [-0.2, -0.15) is 0 Å². The van der Waals surface area contributed by atoms with Crippen LogP contribution in [-0.4, -0.2) is 13.4 Å². The molecule has 0 atom stereocenters. The van der Waals surface area contributed by atoms with E-state index in [1.54, 1.807) is 6.07 Å². The van der Waals surface area contributed by atoms with Gasteiger partial charge in [-0.05, 0) is 25.1 Å². The van der Waals surface area contributed by atoms with Gasteiger partial charge in [-0.25, -0.2) is 4.39 Å². The molecule has 0 aliphatic carbocycles. The molecule has 0 saturated carbocycles. The fourth-order valence-corrected chi connectivity index (χ4v) is 0.701. The molecule has 65 valence electrons. The van der Waals surface area contributed by atoms with Crippen LogP contribution in [0.4, 0.5) is 4.39 Å². The highest BCUT2D eigenvalue weighted by atomic mass is 19.1. The lowest BCUT2D eigenvalue weighted by Crippen LogP contribution is -2.03. The molecule has 3 heteroatoms. The fourth-order valence-electron chi connectivity index (χ4n) is 0.701. The Kier molecular flexibility index (Phi) is 3.54. The molecule has 0 aromatic heterocycles. The summed E-state index contributed by atoms with van der Waals surface area (Å²) < 4.78 is 22.7. The lowest BCUT2D eigenvalue weighted by Gasteiger charge is -2.05. The normalized spacial score (nSPS) is 9.83. The Bertz CT molecular complexity index is 238. The van der Waals surface area contributed by atoms with Crippen LogP contribution in [0.5, 0.6) is 5.75 Å². The summed E-state index contributed by atoms with van der Waals surface area (Å²) in [6.07, 6.45) is 0. The van der Waals surface area contributed by atoms with Crippen molar-refractivity contribution < 1.29 is 13.9 Å². The maximum Gasteiger partial charge on any atom is 0.189 e. The molecule has 0 saturated heterocycles. The molecule has 1 radical (unpaired) electrons. The van der Waals surface area contributed by atoms with E-state index >= 15 is 0 Å². The van der Waals surface area contributed by atoms with Crippen LogP contribution in [0.1, 0.15) is 6.92 Å². The standard InChI is InChI=1S/C9H10FO2/c1-2-11-7-12-9-6-4-3-5-8(9)10/h4-6H,2,7H2,1H3. The van der Waals surface area contributed by atoms with Gasteiger partial charge in [-0.1, -0.05) is 6.07 Å². The molecule has 12 heavy (non-hydrogen) atoms. The van der Waals surface area contributed by atoms with Crippen LogP contribution >= 0.6 is 0 Å². The molecule has 0 unspecified atom stereocenters. The average Bonchev–Trinajstić information content (AvgIpc) is 2.09. The topological polar surface area (TPSA) is 18.5 Å². The van der Waals surface area contributed by atoms with Crippen molar-refractivity contribution in [2.45, 2.75) is 6.92 Å². The summed E-state index contributed by atoms with van der Waals surface area (Å²) in [6.45, 7) is 2.48. The Morgan fingerprint density at radius 1 is 1.58 bits per heavy atom. The van der Waals surface area contributed by atoms with Crippen LogP contribution in [0, 0.1) is 11.9 Å². The summed E-state index contributed by atoms with van der Waals surface area (Å²) in [5.74, 6) is -0.223. The van der Waals surface area contributed by atoms with Gasteiger partial charge in [0.05, 0.1) is 0 Å². The zero-order valence-corrected chi connectivity index (χ0v) is 6.84. The van der Waals surface area contributed by atoms with Crippen LogP contribution in [0.15, 0.2) is 18.2 Å². The van der Waals surface area contributed by atoms with E-state index in [1.807, 2.05) is 6.92 Å². The summed E-state index contributed by atoms with van der Waals surface area (Å²) in [4.78, 5) is 0. The lowest BCUT2D eigenvalue weighted by atomic mass is 10.3. The first kappa shape index (κ1) is 9.00. The van der Waals surface area contributed by atoms with E-state index in [4.69, 9.17) is 9.47 Å². The summed E-state index contributed by atoms with van der Waals surface area (Å²) >= 11 is 0. The average molecular weight is 169 g/mol. The highest BCUT2D eigenvalue weighted by molar-refractivity contribution is 5.22. The van der Waals surface area contributed by atoms with Gasteiger partial charge in [-0.15, -0.1) is 0 Å². The second kappa shape index (κ2) is 4.72. The molecule has 0 aliphatic heterocycles. The summed E-state index contributed by atoms with van der Waals surface area (Å²) in [7, 11) is 0. The van der Waals surface area contributed by atoms with E-state index in [0.717, 1.165) is 0 Å². The van der Waals surface area contributed by atoms with E-state index in [9.17, 15) is 4.39 Å². The van der Waals surface area contributed by atoms with Crippen molar-refractivity contribution in [3.8, 4) is 5.75 Å². The second-order valence-electron chi connectivity index (χ2n) is 2.11. The number of hydrogen-bond donors (Lipinski definition) is 0. The van der Waals surface area contributed by atoms with Crippen molar-refractivity contribution in [3.63, 3.8) is 0 Å². The van der Waals surface area contributed by atoms with Crippen LogP contribution < -0.4 is 4.74 Å². The van der Waals surface area contributed by atoms with Gasteiger partial charge in [0, 0.05) is 6.61 Å². The minimum Gasteiger partial charge on any atom is -0.464 e. The Hall–Kier alpha value is -1.09. The molecule has 0 spiro atoms. The molecular weight excluding hydrogens is 159 g/mol. The van der Waals surface area contributed by atoms with Crippen LogP contribution in [-0.2, 0) is 4.74 Å². The Morgan fingerprint density at radius 2 is 2.42 bits per heavy atom. The van der Waals surface area contributed by atoms with Crippen LogP contribution in [0.2, 0.25) is 0 Å². The van der Waals surface area contributed by atoms with E-state index < -0.39 is 5.82 Å². The maximum absolute atomic E-state index is 12.8. The molecule has 1 aromatic rings. The molecule has 0 heterocycles. The predicted molar refractivity (Wildman–Crippen MR) is 42.4 cm³/mol. The number of ether oxygens (including phenoxy) is 2. The number of hydrogen-bond acceptors (Lipinski definition) is 2. The van der Waals surface area contributed by atoms with Gasteiger partial charge in [-0.3, -0.25) is 0 Å². The maximum atomic E-state index is 12.8. The van der Waals surface area contributed by atoms with E-state index in [0.29, 0.717) is 6.61 Å². The highest BCUT2D eigenvalue weighted by Crippen LogP contribution is 2.14. The zero-order chi connectivity index (χ0) is 8.81. The summed E-state index contributed by atoms with van der Waals surface area (Å²) in [5, 5.41) is 0. The number of halogens is 1. The van der Waals surface area contributed by atoms with Crippen LogP contribution in [0.3, 0.4) is 0 Å². The van der Waals surface area contributed by atoms with E-state index in [2.05, 4.69) is 6.07 Å². The monoisotopic (exact) mass is 169 g/mol. The third kappa shape index (κ3) is 2.51. The SMILES string of the molecule is CCOCOc1cc[c]cc1F. The molecule has 1 rings (SSSR count). The van der Waals surface area contributed by atoms with Gasteiger partial charge in [0.25, 0.3) is 0 Å². The fraction of sp³-hybridized carbons (Fsp3) is 0.333. The van der Waals surface area contributed by atoms with Gasteiger partial charge < -0.3 is 9.47 Å². The second-order valence-corrected chi connectivity index (χ2v) is 2.11. The summed E-state index contributed by atoms with van der Waals surface area (Å²) in [6, 6.07) is 6.92. The third-order valence-electron chi connectivity index (χ3n) is 1.28. The van der Waals surface area contributed by atoms with Crippen molar-refractivity contribution in [1.29, 1.82) is 0 Å². The molecule has 0 fully saturated rings. The van der Waals surface area contributed by atoms with Crippen molar-refractivity contribution in [3.05, 3.63) is 30.1 Å². The first-order valence-corrected chi connectivity index (χ1v) is 3.70. The molecule has 2 nitrogen and oxygen atoms in total. The van der Waals surface area contributed by atoms with Gasteiger partial charge >= 0.3 is 0 Å². The summed E-state index contributed by atoms with van der Waals surface area (Å²) in [5.41, 5.74) is 0. The van der Waals surface area contributed by atoms with Crippen molar-refractivity contribution in [2.24, 2.45) is 0 Å². The molecule has 1 aromatic carbocycles. The van der Waals surface area contributed by atoms with Crippen molar-refractivity contribution >= 4 is 0 Å². The molecule has 0 aliphatic rings. The van der Waals surface area contributed by atoms with Gasteiger partial charge in [0.2, 0.25) is 0 Å². The first-order chi connectivity index (χ1) is 5.84. The highest BCUT2D eigenvalue weighted by Gasteiger charge is 1.99. The molecule has 0 amide bonds. The zero-order valence-electron chi connectivity index (χ0n) is 6.84. The predicted octanol–water partition coefficient (Wildman–Crippen LogP) is 2.00. The van der Waals surface area contributed by atoms with E-state index in [1.165, 1.54) is 12.1 Å². The Labute approximate surface area is 70.9 Å². The minimum atomic E-state index is -0.419. The van der Waals surface area contributed by atoms with Crippen LogP contribution in [0.25, 0.3) is 0 Å². The smallest absolute Gasteiger partial charge is 0.189 e. The van der Waals surface area contributed by atoms with Crippen molar-refractivity contribution in [2.75, 3.05) is 13.4 Å². The Morgan fingerprint density at radius 3 is 3.08 bits per heavy atom. The lowest BCUT2D eigenvalue weighted by molar-refractivity contribution is 0.0201. The quantitative estimate of drug-likeness (QED) is 0.507. The Balaban J connectivity index is 2.46. The number of rotatable bonds is 4. The molecule has 0 N–H and O–H groups in total. The molecular formula is C9H10FO2. The largest absolute Gasteiger partial charge is 0.464 e. The van der Waals surface area contributed by atoms with Gasteiger partial charge in [0.15, 0.2) is 18.4 Å². The first-order valence-electron chi connectivity index (χ1n) is 3.70.